The predicted octanol–water partition coefficient (Wildman–Crippen LogP) is 2.36. The molecule has 1 N–H and O–H groups in total. The number of nitrogens with zero attached hydrogens (tertiary/aromatic N) is 3. The van der Waals surface area contributed by atoms with E-state index < -0.39 is 11.9 Å². The van der Waals surface area contributed by atoms with E-state index in [4.69, 9.17) is 0 Å². The van der Waals surface area contributed by atoms with E-state index in [0.29, 0.717) is 11.6 Å². The summed E-state index contributed by atoms with van der Waals surface area (Å²) in [5, 5.41) is 3.26. The smallest absolute Gasteiger partial charge is 0.316 e. The maximum Gasteiger partial charge on any atom is 0.433 e. The highest BCUT2D eigenvalue weighted by Gasteiger charge is 2.32. The first kappa shape index (κ1) is 13.1. The summed E-state index contributed by atoms with van der Waals surface area (Å²) in [6.07, 6.45) is 1.19. The number of hydrogen-bond donors (Lipinski definition) is 1. The highest BCUT2D eigenvalue weighted by molar-refractivity contribution is 5.33. The van der Waals surface area contributed by atoms with E-state index in [0.717, 1.165) is 31.3 Å². The molecule has 20 heavy (non-hydrogen) atoms. The maximum atomic E-state index is 12.5. The normalized spacial score (nSPS) is 19.4. The lowest BCUT2D eigenvalue weighted by molar-refractivity contribution is -0.141. The van der Waals surface area contributed by atoms with Crippen molar-refractivity contribution in [2.75, 3.05) is 13.1 Å². The van der Waals surface area contributed by atoms with Gasteiger partial charge in [-0.2, -0.15) is 13.2 Å². The molecule has 0 aliphatic carbocycles. The fourth-order valence-corrected chi connectivity index (χ4v) is 2.43. The number of hydrogen-bond acceptors (Lipinski definition) is 3. The van der Waals surface area contributed by atoms with Gasteiger partial charge in [0, 0.05) is 24.4 Å². The van der Waals surface area contributed by atoms with Crippen molar-refractivity contribution < 1.29 is 13.2 Å². The molecule has 0 aromatic carbocycles. The molecule has 1 aliphatic rings. The standard InChI is InChI=1S/C13H13F3N4/c14-13(15,16)12-2-1-10(6-19-12)20-8-18-7-11(20)9-3-4-17-5-9/h1-2,6-9,17H,3-5H2. The van der Waals surface area contributed by atoms with Gasteiger partial charge < -0.3 is 9.88 Å². The van der Waals surface area contributed by atoms with E-state index in [1.54, 1.807) is 17.1 Å². The third-order valence-corrected chi connectivity index (χ3v) is 3.46. The van der Waals surface area contributed by atoms with Crippen molar-refractivity contribution in [2.24, 2.45) is 0 Å². The number of aromatic nitrogens is 3. The van der Waals surface area contributed by atoms with Crippen LogP contribution in [0.1, 0.15) is 23.7 Å². The minimum absolute atomic E-state index is 0.333. The second kappa shape index (κ2) is 4.90. The Kier molecular flexibility index (Phi) is 3.21. The Balaban J connectivity index is 1.92. The van der Waals surface area contributed by atoms with Crippen LogP contribution in [0.25, 0.3) is 5.69 Å². The van der Waals surface area contributed by atoms with Crippen LogP contribution >= 0.6 is 0 Å². The predicted molar refractivity (Wildman–Crippen MR) is 66.6 cm³/mol. The second-order valence-corrected chi connectivity index (χ2v) is 4.78. The third-order valence-electron chi connectivity index (χ3n) is 3.46. The molecule has 3 rings (SSSR count). The summed E-state index contributed by atoms with van der Waals surface area (Å²) in [5.74, 6) is 0.333. The molecule has 0 amide bonds. The van der Waals surface area contributed by atoms with Gasteiger partial charge in [0.05, 0.1) is 18.2 Å². The minimum atomic E-state index is -4.41. The van der Waals surface area contributed by atoms with Gasteiger partial charge in [-0.1, -0.05) is 0 Å². The molecule has 1 unspecified atom stereocenters. The first-order chi connectivity index (χ1) is 9.55. The Morgan fingerprint density at radius 2 is 2.10 bits per heavy atom. The Morgan fingerprint density at radius 1 is 1.25 bits per heavy atom. The molecule has 2 aromatic rings. The van der Waals surface area contributed by atoms with Gasteiger partial charge in [-0.15, -0.1) is 0 Å². The summed E-state index contributed by atoms with van der Waals surface area (Å²) in [4.78, 5) is 7.58. The average Bonchev–Trinajstić information content (AvgIpc) is 3.08. The van der Waals surface area contributed by atoms with Gasteiger partial charge in [0.15, 0.2) is 0 Å². The van der Waals surface area contributed by atoms with Crippen LogP contribution in [0.15, 0.2) is 30.9 Å². The molecule has 7 heteroatoms. The van der Waals surface area contributed by atoms with Crippen molar-refractivity contribution in [3.8, 4) is 5.69 Å². The Morgan fingerprint density at radius 3 is 2.70 bits per heavy atom. The number of imidazole rings is 1. The van der Waals surface area contributed by atoms with Gasteiger partial charge in [-0.25, -0.2) is 9.97 Å². The quantitative estimate of drug-likeness (QED) is 0.919. The second-order valence-electron chi connectivity index (χ2n) is 4.78. The van der Waals surface area contributed by atoms with Crippen LogP contribution in [0.3, 0.4) is 0 Å². The van der Waals surface area contributed by atoms with Crippen molar-refractivity contribution in [1.29, 1.82) is 0 Å². The monoisotopic (exact) mass is 282 g/mol. The first-order valence-electron chi connectivity index (χ1n) is 6.32. The van der Waals surface area contributed by atoms with Crippen LogP contribution in [-0.4, -0.2) is 27.6 Å². The number of nitrogens with one attached hydrogen (secondary N) is 1. The van der Waals surface area contributed by atoms with Crippen LogP contribution in [0.2, 0.25) is 0 Å². The molecule has 0 radical (unpaired) electrons. The van der Waals surface area contributed by atoms with Crippen molar-refractivity contribution in [3.63, 3.8) is 0 Å². The van der Waals surface area contributed by atoms with Crippen LogP contribution < -0.4 is 5.32 Å². The van der Waals surface area contributed by atoms with Crippen molar-refractivity contribution >= 4 is 0 Å². The molecule has 2 aromatic heterocycles. The summed E-state index contributed by atoms with van der Waals surface area (Å²) in [6.45, 7) is 1.81. The Bertz CT molecular complexity index is 582. The third kappa shape index (κ3) is 2.40. The minimum Gasteiger partial charge on any atom is -0.316 e. The van der Waals surface area contributed by atoms with E-state index in [9.17, 15) is 13.2 Å². The Hall–Kier alpha value is -1.89. The van der Waals surface area contributed by atoms with Gasteiger partial charge in [-0.3, -0.25) is 0 Å². The number of pyridine rings is 1. The lowest BCUT2D eigenvalue weighted by Gasteiger charge is -2.13. The zero-order valence-corrected chi connectivity index (χ0v) is 10.6. The van der Waals surface area contributed by atoms with Gasteiger partial charge in [-0.05, 0) is 25.1 Å². The van der Waals surface area contributed by atoms with Crippen LogP contribution in [-0.2, 0) is 6.18 Å². The average molecular weight is 282 g/mol. The number of rotatable bonds is 2. The lowest BCUT2D eigenvalue weighted by Crippen LogP contribution is -2.11. The van der Waals surface area contributed by atoms with Gasteiger partial charge in [0.2, 0.25) is 0 Å². The van der Waals surface area contributed by atoms with Crippen LogP contribution in [0.5, 0.6) is 0 Å². The highest BCUT2D eigenvalue weighted by atomic mass is 19.4. The lowest BCUT2D eigenvalue weighted by atomic mass is 10.1. The molecular weight excluding hydrogens is 269 g/mol. The molecule has 1 fully saturated rings. The zero-order valence-electron chi connectivity index (χ0n) is 10.6. The van der Waals surface area contributed by atoms with Gasteiger partial charge in [0.25, 0.3) is 0 Å². The summed E-state index contributed by atoms with van der Waals surface area (Å²) in [5.41, 5.74) is 0.708. The topological polar surface area (TPSA) is 42.7 Å². The fourth-order valence-electron chi connectivity index (χ4n) is 2.43. The zero-order chi connectivity index (χ0) is 14.2. The summed E-state index contributed by atoms with van der Waals surface area (Å²) >= 11 is 0. The van der Waals surface area contributed by atoms with Crippen molar-refractivity contribution in [1.82, 2.24) is 19.9 Å². The molecule has 0 saturated carbocycles. The van der Waals surface area contributed by atoms with Crippen LogP contribution in [0.4, 0.5) is 13.2 Å². The largest absolute Gasteiger partial charge is 0.433 e. The van der Waals surface area contributed by atoms with Gasteiger partial charge in [0.1, 0.15) is 5.69 Å². The summed E-state index contributed by atoms with van der Waals surface area (Å²) in [7, 11) is 0. The first-order valence-corrected chi connectivity index (χ1v) is 6.32. The molecule has 3 heterocycles. The number of alkyl halides is 3. The van der Waals surface area contributed by atoms with E-state index in [1.807, 2.05) is 0 Å². The molecule has 1 saturated heterocycles. The summed E-state index contributed by atoms with van der Waals surface area (Å²) in [6, 6.07) is 2.41. The molecule has 1 aliphatic heterocycles. The highest BCUT2D eigenvalue weighted by Crippen LogP contribution is 2.29. The molecule has 1 atom stereocenters. The molecule has 106 valence electrons. The number of halogens is 3. The molecule has 4 nitrogen and oxygen atoms in total. The Labute approximate surface area is 113 Å². The van der Waals surface area contributed by atoms with Crippen molar-refractivity contribution in [3.05, 3.63) is 42.2 Å². The fraction of sp³-hybridized carbons (Fsp3) is 0.385. The van der Waals surface area contributed by atoms with E-state index in [1.165, 1.54) is 12.3 Å². The maximum absolute atomic E-state index is 12.5. The van der Waals surface area contributed by atoms with E-state index in [-0.39, 0.29) is 0 Å². The SMILES string of the molecule is FC(F)(F)c1ccc(-n2cncc2C2CCNC2)cn1. The summed E-state index contributed by atoms with van der Waals surface area (Å²) < 4.78 is 39.3. The van der Waals surface area contributed by atoms with Crippen molar-refractivity contribution in [2.45, 2.75) is 18.5 Å². The van der Waals surface area contributed by atoms with E-state index >= 15 is 0 Å². The molecule has 0 bridgehead atoms. The molecular formula is C13H13F3N4. The van der Waals surface area contributed by atoms with Crippen LogP contribution in [0, 0.1) is 0 Å². The molecule has 0 spiro atoms. The van der Waals surface area contributed by atoms with Gasteiger partial charge >= 0.3 is 6.18 Å². The van der Waals surface area contributed by atoms with E-state index in [2.05, 4.69) is 15.3 Å².